The van der Waals surface area contributed by atoms with Gasteiger partial charge in [-0.25, -0.2) is 0 Å². The molecule has 0 spiro atoms. The third kappa shape index (κ3) is 43.7. The number of aliphatic hydroxyl groups excluding tert-OH is 11. The minimum atomic E-state index is -1.98. The summed E-state index contributed by atoms with van der Waals surface area (Å²) in [5.41, 5.74) is 0. The van der Waals surface area contributed by atoms with Gasteiger partial charge in [-0.1, -0.05) is 304 Å². The van der Waals surface area contributed by atoms with Crippen LogP contribution in [0, 0.1) is 0 Å². The van der Waals surface area contributed by atoms with E-state index in [0.29, 0.717) is 12.8 Å². The fraction of sp³-hybridized carbons (Fsp3) is 0.821. The highest BCUT2D eigenvalue weighted by molar-refractivity contribution is 5.76. The number of amides is 1. The summed E-state index contributed by atoms with van der Waals surface area (Å²) in [4.78, 5) is 13.5. The van der Waals surface area contributed by atoms with Crippen LogP contribution < -0.4 is 5.32 Å². The minimum Gasteiger partial charge on any atom is -0.394 e. The van der Waals surface area contributed by atoms with Crippen LogP contribution in [0.1, 0.15) is 309 Å². The van der Waals surface area contributed by atoms with Crippen LogP contribution in [0.5, 0.6) is 0 Å². The summed E-state index contributed by atoms with van der Waals surface area (Å²) in [6.07, 6.45) is 58.8. The summed E-state index contributed by atoms with van der Waals surface area (Å²) in [6.45, 7) is 1.62. The van der Waals surface area contributed by atoms with Crippen LogP contribution in [0.15, 0.2) is 85.1 Å². The Morgan fingerprint density at radius 1 is 0.359 bits per heavy atom. The third-order valence-corrected chi connectivity index (χ3v) is 20.2. The molecule has 3 rings (SSSR count). The van der Waals surface area contributed by atoms with E-state index in [1.807, 2.05) is 6.08 Å². The van der Waals surface area contributed by atoms with Gasteiger partial charge in [-0.3, -0.25) is 4.79 Å². The molecule has 3 saturated heterocycles. The summed E-state index contributed by atoms with van der Waals surface area (Å²) >= 11 is 0. The number of allylic oxidation sites excluding steroid dienone is 13. The summed E-state index contributed by atoms with van der Waals surface area (Å²) in [7, 11) is 0. The molecule has 103 heavy (non-hydrogen) atoms. The first-order valence-corrected chi connectivity index (χ1v) is 41.3. The molecule has 0 aromatic rings. The second-order valence-corrected chi connectivity index (χ2v) is 29.2. The summed E-state index contributed by atoms with van der Waals surface area (Å²) in [5.74, 6) is -0.286. The van der Waals surface area contributed by atoms with Gasteiger partial charge in [0.1, 0.15) is 73.2 Å². The first-order chi connectivity index (χ1) is 50.3. The molecule has 0 aromatic carbocycles. The molecule has 0 aliphatic carbocycles. The second kappa shape index (κ2) is 63.9. The van der Waals surface area contributed by atoms with Crippen molar-refractivity contribution in [1.29, 1.82) is 0 Å². The molecule has 19 nitrogen and oxygen atoms in total. The lowest BCUT2D eigenvalue weighted by Crippen LogP contribution is -2.66. The highest BCUT2D eigenvalue weighted by Crippen LogP contribution is 2.33. The maximum absolute atomic E-state index is 13.5. The average Bonchev–Trinajstić information content (AvgIpc) is 0.781. The molecule has 3 fully saturated rings. The summed E-state index contributed by atoms with van der Waals surface area (Å²) in [6, 6.07) is -0.999. The number of carbonyl (C=O) groups excluding carboxylic acids is 1. The van der Waals surface area contributed by atoms with Crippen molar-refractivity contribution < 1.29 is 89.4 Å². The van der Waals surface area contributed by atoms with E-state index in [9.17, 15) is 61.0 Å². The molecule has 3 aliphatic rings. The number of rotatable bonds is 65. The molecular weight excluding hydrogens is 1310 g/mol. The molecule has 598 valence electrons. The van der Waals surface area contributed by atoms with Crippen molar-refractivity contribution in [1.82, 2.24) is 5.32 Å². The van der Waals surface area contributed by atoms with Crippen molar-refractivity contribution in [3.05, 3.63) is 85.1 Å². The van der Waals surface area contributed by atoms with Gasteiger partial charge >= 0.3 is 0 Å². The van der Waals surface area contributed by atoms with E-state index < -0.39 is 124 Å². The van der Waals surface area contributed by atoms with Gasteiger partial charge in [0.15, 0.2) is 18.9 Å². The molecule has 17 atom stereocenters. The number of hydrogen-bond donors (Lipinski definition) is 12. The van der Waals surface area contributed by atoms with Gasteiger partial charge in [0.05, 0.1) is 38.6 Å². The summed E-state index contributed by atoms with van der Waals surface area (Å²) < 4.78 is 34.4. The number of nitrogens with one attached hydrogen (secondary N) is 1. The van der Waals surface area contributed by atoms with Crippen LogP contribution >= 0.6 is 0 Å². The molecule has 1 amide bonds. The predicted molar refractivity (Wildman–Crippen MR) is 411 cm³/mol. The van der Waals surface area contributed by atoms with Crippen molar-refractivity contribution in [2.45, 2.75) is 413 Å². The molecule has 0 aromatic heterocycles. The highest BCUT2D eigenvalue weighted by atomic mass is 16.8. The highest BCUT2D eigenvalue weighted by Gasteiger charge is 2.54. The topological polar surface area (TPSA) is 307 Å². The standard InChI is InChI=1S/C84H149NO18/c1-3-5-7-9-11-13-15-17-19-21-23-24-25-26-27-28-29-30-31-32-33-34-35-36-37-38-39-40-41-42-44-46-48-50-52-54-56-58-60-62-72(90)85-67(68(89)61-59-57-55-53-51-49-47-45-43-22-20-18-16-14-12-10-8-6-4-2)66-98-82-78(96)75(93)80(70(64-87)100-82)103-84-79(97)76(94)81(71(65-88)101-84)102-83-77(95)74(92)73(91)69(63-86)99-83/h5,7,11,13,17,19,23-24,43,45,51,53,59,61,67-71,73-84,86-89,91-97H,3-4,6,8-10,12,14-16,18,20-22,25-42,44,46-50,52,54-58,60,62-66H2,1-2H3,(H,85,90)/b7-5-,13-11-,19-17-,24-23-,45-43+,53-51+,61-59+. The number of carbonyl (C=O) groups is 1. The van der Waals surface area contributed by atoms with Crippen molar-refractivity contribution in [3.63, 3.8) is 0 Å². The lowest BCUT2D eigenvalue weighted by atomic mass is 9.96. The number of aliphatic hydroxyl groups is 11. The van der Waals surface area contributed by atoms with Gasteiger partial charge < -0.3 is 89.9 Å². The largest absolute Gasteiger partial charge is 0.394 e. The third-order valence-electron chi connectivity index (χ3n) is 20.2. The Bertz CT molecular complexity index is 2190. The zero-order valence-corrected chi connectivity index (χ0v) is 64.0. The van der Waals surface area contributed by atoms with E-state index in [0.717, 1.165) is 70.6 Å². The molecular formula is C84H149NO18. The number of ether oxygens (including phenoxy) is 6. The van der Waals surface area contributed by atoms with E-state index in [-0.39, 0.29) is 18.9 Å². The maximum atomic E-state index is 13.5. The maximum Gasteiger partial charge on any atom is 0.220 e. The first-order valence-electron chi connectivity index (χ1n) is 41.3. The van der Waals surface area contributed by atoms with Crippen LogP contribution in [-0.4, -0.2) is 193 Å². The van der Waals surface area contributed by atoms with E-state index in [2.05, 4.69) is 92.1 Å². The van der Waals surface area contributed by atoms with E-state index in [1.54, 1.807) is 6.08 Å². The fourth-order valence-corrected chi connectivity index (χ4v) is 13.6. The van der Waals surface area contributed by atoms with Gasteiger partial charge in [0.2, 0.25) is 5.91 Å². The van der Waals surface area contributed by atoms with E-state index in [4.69, 9.17) is 28.4 Å². The van der Waals surface area contributed by atoms with Crippen LogP contribution in [0.4, 0.5) is 0 Å². The lowest BCUT2D eigenvalue weighted by molar-refractivity contribution is -0.379. The van der Waals surface area contributed by atoms with Crippen molar-refractivity contribution in [2.24, 2.45) is 0 Å². The normalized spacial score (nSPS) is 26.5. The fourth-order valence-electron chi connectivity index (χ4n) is 13.6. The Morgan fingerprint density at radius 3 is 1.09 bits per heavy atom. The molecule has 0 radical (unpaired) electrons. The monoisotopic (exact) mass is 1460 g/mol. The SMILES string of the molecule is CC/C=C\C/C=C\C/C=C\C/C=C\CCCCCCCCCCCCCCCCCCCCCCCCCCCCC(=O)NC(COC1OC(CO)C(OC2OC(CO)C(OC3OC(CO)C(O)C(O)C3O)C(O)C2O)C(O)C1O)C(O)/C=C/CC/C=C/CC/C=C/CCCCCCCCCCC. The van der Waals surface area contributed by atoms with E-state index in [1.165, 1.54) is 205 Å². The second-order valence-electron chi connectivity index (χ2n) is 29.2. The zero-order valence-electron chi connectivity index (χ0n) is 64.0. The zero-order chi connectivity index (χ0) is 74.6. The molecule has 17 unspecified atom stereocenters. The average molecular weight is 1460 g/mol. The Hall–Kier alpha value is -3.03. The minimum absolute atomic E-state index is 0.233. The van der Waals surface area contributed by atoms with Crippen molar-refractivity contribution >= 4 is 5.91 Å². The molecule has 19 heteroatoms. The lowest BCUT2D eigenvalue weighted by Gasteiger charge is -2.48. The molecule has 3 heterocycles. The van der Waals surface area contributed by atoms with Crippen molar-refractivity contribution in [2.75, 3.05) is 26.4 Å². The van der Waals surface area contributed by atoms with Gasteiger partial charge in [-0.05, 0) is 83.5 Å². The Kier molecular flexibility index (Phi) is 58.4. The predicted octanol–water partition coefficient (Wildman–Crippen LogP) is 14.2. The summed E-state index contributed by atoms with van der Waals surface area (Å²) in [5, 5.41) is 121. The quantitative estimate of drug-likeness (QED) is 0.0199. The first kappa shape index (κ1) is 94.2. The van der Waals surface area contributed by atoms with Gasteiger partial charge in [0.25, 0.3) is 0 Å². The van der Waals surface area contributed by atoms with E-state index >= 15 is 0 Å². The Labute approximate surface area is 622 Å². The Morgan fingerprint density at radius 2 is 0.680 bits per heavy atom. The molecule has 0 saturated carbocycles. The van der Waals surface area contributed by atoms with Crippen molar-refractivity contribution in [3.8, 4) is 0 Å². The smallest absolute Gasteiger partial charge is 0.220 e. The van der Waals surface area contributed by atoms with Crippen LogP contribution in [0.2, 0.25) is 0 Å². The number of hydrogen-bond acceptors (Lipinski definition) is 18. The van der Waals surface area contributed by atoms with Crippen LogP contribution in [0.25, 0.3) is 0 Å². The van der Waals surface area contributed by atoms with Crippen LogP contribution in [0.3, 0.4) is 0 Å². The van der Waals surface area contributed by atoms with Gasteiger partial charge in [-0.2, -0.15) is 0 Å². The van der Waals surface area contributed by atoms with Gasteiger partial charge in [-0.15, -0.1) is 0 Å². The molecule has 3 aliphatic heterocycles. The molecule has 12 N–H and O–H groups in total. The molecule has 0 bridgehead atoms. The number of unbranched alkanes of at least 4 members (excludes halogenated alkanes) is 37. The van der Waals surface area contributed by atoms with Crippen LogP contribution in [-0.2, 0) is 33.2 Å². The Balaban J connectivity index is 1.32. The van der Waals surface area contributed by atoms with Gasteiger partial charge in [0, 0.05) is 6.42 Å².